The Morgan fingerprint density at radius 2 is 2.00 bits per heavy atom. The second-order valence-electron chi connectivity index (χ2n) is 8.25. The highest BCUT2D eigenvalue weighted by Crippen LogP contribution is 2.62. The minimum Gasteiger partial charge on any atom is -0.389 e. The average Bonchev–Trinajstić information content (AvgIpc) is 2.85. The third-order valence-electron chi connectivity index (χ3n) is 6.02. The summed E-state index contributed by atoms with van der Waals surface area (Å²) < 4.78 is 0. The predicted octanol–water partition coefficient (Wildman–Crippen LogP) is 2.22. The Kier molecular flexibility index (Phi) is 2.93. The fourth-order valence-electron chi connectivity index (χ4n) is 5.30. The first-order valence-corrected chi connectivity index (χ1v) is 11.3. The van der Waals surface area contributed by atoms with Crippen molar-refractivity contribution in [3.05, 3.63) is 11.3 Å². The van der Waals surface area contributed by atoms with Gasteiger partial charge >= 0.3 is 0 Å². The van der Waals surface area contributed by atoms with Crippen LogP contribution < -0.4 is 0 Å². The molecule has 4 atom stereocenters. The third kappa shape index (κ3) is 1.56. The smallest absolute Gasteiger partial charge is 0.163 e. The molecule has 0 aliphatic heterocycles. The average molecular weight is 293 g/mol. The van der Waals surface area contributed by atoms with E-state index in [1.807, 2.05) is 6.08 Å². The van der Waals surface area contributed by atoms with Gasteiger partial charge in [0.2, 0.25) is 0 Å². The molecule has 1 N–H and O–H groups in total. The molecule has 0 aromatic carbocycles. The molecule has 2 saturated carbocycles. The van der Waals surface area contributed by atoms with Crippen LogP contribution in [-0.4, -0.2) is 49.1 Å². The van der Waals surface area contributed by atoms with Gasteiger partial charge < -0.3 is 5.11 Å². The van der Waals surface area contributed by atoms with Crippen LogP contribution in [0.15, 0.2) is 11.3 Å². The van der Waals surface area contributed by atoms with E-state index in [-0.39, 0.29) is 17.2 Å². The zero-order chi connectivity index (χ0) is 14.9. The summed E-state index contributed by atoms with van der Waals surface area (Å²) in [5, 5.41) is 12.6. The highest BCUT2D eigenvalue weighted by molar-refractivity contribution is 6.84. The number of aliphatic hydroxyl groups is 1. The second kappa shape index (κ2) is 4.05. The molecule has 2 fully saturated rings. The van der Waals surface area contributed by atoms with Gasteiger partial charge in [-0.1, -0.05) is 31.3 Å². The monoisotopic (exact) mass is 293 g/mol. The number of nitrogens with zero attached hydrogens (tertiary/aromatic N) is 1. The van der Waals surface area contributed by atoms with E-state index in [4.69, 9.17) is 0 Å². The van der Waals surface area contributed by atoms with E-state index in [0.717, 1.165) is 25.7 Å². The molecular weight excluding hydrogens is 266 g/mol. The molecule has 0 aromatic heterocycles. The number of fused-ring (bicyclic) bond motifs is 3. The van der Waals surface area contributed by atoms with Crippen LogP contribution in [0, 0.1) is 11.8 Å². The van der Waals surface area contributed by atoms with Gasteiger partial charge in [0.15, 0.2) is 5.78 Å². The largest absolute Gasteiger partial charge is 0.389 e. The van der Waals surface area contributed by atoms with Crippen LogP contribution in [0.2, 0.25) is 19.6 Å². The highest BCUT2D eigenvalue weighted by atomic mass is 28.3. The molecule has 3 rings (SSSR count). The predicted molar refractivity (Wildman–Crippen MR) is 83.3 cm³/mol. The Labute approximate surface area is 123 Å². The molecule has 0 heterocycles. The summed E-state index contributed by atoms with van der Waals surface area (Å²) in [4.78, 5) is 15.0. The van der Waals surface area contributed by atoms with Crippen molar-refractivity contribution in [2.45, 2.75) is 56.5 Å². The first-order valence-electron chi connectivity index (χ1n) is 7.80. The quantitative estimate of drug-likeness (QED) is 0.794. The van der Waals surface area contributed by atoms with E-state index in [1.165, 1.54) is 5.20 Å². The van der Waals surface area contributed by atoms with Gasteiger partial charge in [-0.2, -0.15) is 0 Å². The highest BCUT2D eigenvalue weighted by Gasteiger charge is 2.70. The third-order valence-corrected chi connectivity index (χ3v) is 8.21. The molecule has 3 aliphatic rings. The van der Waals surface area contributed by atoms with Crippen molar-refractivity contribution >= 4 is 13.9 Å². The van der Waals surface area contributed by atoms with E-state index >= 15 is 0 Å². The second-order valence-corrected chi connectivity index (χ2v) is 13.3. The molecule has 0 radical (unpaired) electrons. The minimum atomic E-state index is -1.58. The van der Waals surface area contributed by atoms with Crippen molar-refractivity contribution in [2.75, 3.05) is 14.1 Å². The van der Waals surface area contributed by atoms with Gasteiger partial charge in [0.05, 0.1) is 25.1 Å². The van der Waals surface area contributed by atoms with Gasteiger partial charge in [-0.25, -0.2) is 0 Å². The fourth-order valence-corrected chi connectivity index (χ4v) is 7.64. The maximum absolute atomic E-state index is 12.7. The van der Waals surface area contributed by atoms with Crippen molar-refractivity contribution in [2.24, 2.45) is 11.8 Å². The van der Waals surface area contributed by atoms with Crippen molar-refractivity contribution in [1.29, 1.82) is 0 Å². The number of rotatable bonds is 2. The van der Waals surface area contributed by atoms with Gasteiger partial charge in [0.1, 0.15) is 0 Å². The Bertz CT molecular complexity index is 493. The number of likely N-dealkylation sites (N-methyl/N-ethyl adjacent to an activating group) is 1. The zero-order valence-corrected chi connectivity index (χ0v) is 14.4. The van der Waals surface area contributed by atoms with Gasteiger partial charge in [0, 0.05) is 0 Å². The molecule has 20 heavy (non-hydrogen) atoms. The van der Waals surface area contributed by atoms with Gasteiger partial charge in [-0.15, -0.1) is 0 Å². The summed E-state index contributed by atoms with van der Waals surface area (Å²) in [6.07, 6.45) is 5.81. The number of allylic oxidation sites excluding steroid dienone is 1. The minimum absolute atomic E-state index is 0.183. The van der Waals surface area contributed by atoms with Crippen LogP contribution in [-0.2, 0) is 4.79 Å². The van der Waals surface area contributed by atoms with Crippen LogP contribution in [0.25, 0.3) is 0 Å². The summed E-state index contributed by atoms with van der Waals surface area (Å²) in [5.74, 6) is 0.265. The van der Waals surface area contributed by atoms with Crippen LogP contribution in [0.1, 0.15) is 25.7 Å². The van der Waals surface area contributed by atoms with E-state index in [2.05, 4.69) is 38.6 Å². The molecule has 0 bridgehead atoms. The number of carbonyl (C=O) groups excluding carboxylic acids is 1. The maximum Gasteiger partial charge on any atom is 0.163 e. The first kappa shape index (κ1) is 14.5. The molecule has 0 saturated heterocycles. The standard InChI is InChI=1S/C16H27NO2Si/c1-17(2)15-10-11-7-6-8-16(11,19)14(15)12(18)9-13(15)20(3,4)5/h9,11,14,19H,6-8,10H2,1-5H3/t11-,14-,15-,16+/m0/s1. The molecule has 0 unspecified atom stereocenters. The Hall–Kier alpha value is -0.453. The van der Waals surface area contributed by atoms with Gasteiger partial charge in [0.25, 0.3) is 0 Å². The lowest BCUT2D eigenvalue weighted by Crippen LogP contribution is -2.56. The Balaban J connectivity index is 2.16. The van der Waals surface area contributed by atoms with Crippen LogP contribution in [0.5, 0.6) is 0 Å². The topological polar surface area (TPSA) is 40.5 Å². The molecule has 112 valence electrons. The molecule has 3 aliphatic carbocycles. The Morgan fingerprint density at radius 3 is 2.55 bits per heavy atom. The summed E-state index contributed by atoms with van der Waals surface area (Å²) in [6.45, 7) is 6.95. The van der Waals surface area contributed by atoms with Crippen LogP contribution in [0.4, 0.5) is 0 Å². The molecule has 0 aromatic rings. The first-order chi connectivity index (χ1) is 9.14. The maximum atomic E-state index is 12.7. The fraction of sp³-hybridized carbons (Fsp3) is 0.812. The SMILES string of the molecule is CN(C)[C@]12C[C@@H]3CCC[C@]3(O)[C@H]1C(=O)C=C2[Si](C)(C)C. The number of ketones is 1. The van der Waals surface area contributed by atoms with Gasteiger partial charge in [-0.3, -0.25) is 9.69 Å². The van der Waals surface area contributed by atoms with Crippen molar-refractivity contribution in [3.8, 4) is 0 Å². The molecular formula is C16H27NO2Si. The lowest BCUT2D eigenvalue weighted by atomic mass is 9.79. The number of carbonyl (C=O) groups is 1. The number of hydrogen-bond donors (Lipinski definition) is 1. The van der Waals surface area contributed by atoms with Crippen molar-refractivity contribution in [1.82, 2.24) is 4.90 Å². The Morgan fingerprint density at radius 1 is 1.35 bits per heavy atom. The molecule has 3 nitrogen and oxygen atoms in total. The normalized spacial score (nSPS) is 44.0. The number of hydrogen-bond acceptors (Lipinski definition) is 3. The van der Waals surface area contributed by atoms with Gasteiger partial charge in [-0.05, 0) is 45.4 Å². The molecule has 4 heteroatoms. The van der Waals surface area contributed by atoms with Crippen LogP contribution in [0.3, 0.4) is 0 Å². The lowest BCUT2D eigenvalue weighted by Gasteiger charge is -2.45. The summed E-state index contributed by atoms with van der Waals surface area (Å²) in [5.41, 5.74) is -0.958. The zero-order valence-electron chi connectivity index (χ0n) is 13.4. The van der Waals surface area contributed by atoms with E-state index < -0.39 is 13.7 Å². The molecule has 0 spiro atoms. The van der Waals surface area contributed by atoms with E-state index in [1.54, 1.807) is 0 Å². The van der Waals surface area contributed by atoms with Crippen LogP contribution >= 0.6 is 0 Å². The van der Waals surface area contributed by atoms with E-state index in [0.29, 0.717) is 5.92 Å². The lowest BCUT2D eigenvalue weighted by molar-refractivity contribution is -0.129. The summed E-state index contributed by atoms with van der Waals surface area (Å²) in [7, 11) is 2.59. The van der Waals surface area contributed by atoms with E-state index in [9.17, 15) is 9.90 Å². The molecule has 0 amide bonds. The van der Waals surface area contributed by atoms with Crippen molar-refractivity contribution < 1.29 is 9.90 Å². The summed E-state index contributed by atoms with van der Waals surface area (Å²) in [6, 6.07) is 0. The summed E-state index contributed by atoms with van der Waals surface area (Å²) >= 11 is 0. The van der Waals surface area contributed by atoms with Crippen molar-refractivity contribution in [3.63, 3.8) is 0 Å².